The van der Waals surface area contributed by atoms with Gasteiger partial charge in [-0.1, -0.05) is 61.8 Å². The number of ether oxygens (including phenoxy) is 2. The molecule has 0 rings (SSSR count). The van der Waals surface area contributed by atoms with Crippen LogP contribution in [0.4, 0.5) is 0 Å². The van der Waals surface area contributed by atoms with Crippen LogP contribution in [0.25, 0.3) is 0 Å². The summed E-state index contributed by atoms with van der Waals surface area (Å²) in [4.78, 5) is 25.1. The lowest BCUT2D eigenvalue weighted by molar-refractivity contribution is -0.143. The summed E-state index contributed by atoms with van der Waals surface area (Å²) in [6.45, 7) is 16.8. The molecule has 0 aromatic rings. The summed E-state index contributed by atoms with van der Waals surface area (Å²) in [6.07, 6.45) is 1.80. The van der Waals surface area contributed by atoms with Crippen LogP contribution in [0.5, 0.6) is 0 Å². The van der Waals surface area contributed by atoms with Gasteiger partial charge in [-0.3, -0.25) is 0 Å². The van der Waals surface area contributed by atoms with Crippen LogP contribution >= 0.6 is 0 Å². The molecule has 0 N–H and O–H groups in total. The highest BCUT2D eigenvalue weighted by Crippen LogP contribution is 2.29. The maximum atomic E-state index is 12.6. The van der Waals surface area contributed by atoms with E-state index in [0.29, 0.717) is 37.2 Å². The van der Waals surface area contributed by atoms with Crippen molar-refractivity contribution in [1.29, 1.82) is 0 Å². The summed E-state index contributed by atoms with van der Waals surface area (Å²) in [6, 6.07) is 0. The van der Waals surface area contributed by atoms with Crippen molar-refractivity contribution in [1.82, 2.24) is 0 Å². The third kappa shape index (κ3) is 9.74. The monoisotopic (exact) mass is 340 g/mol. The lowest BCUT2D eigenvalue weighted by Crippen LogP contribution is -2.22. The normalized spacial score (nSPS) is 13.1. The molecule has 0 saturated heterocycles. The minimum Gasteiger partial charge on any atom is -0.462 e. The quantitative estimate of drug-likeness (QED) is 0.442. The Kier molecular flexibility index (Phi) is 9.95. The van der Waals surface area contributed by atoms with Crippen molar-refractivity contribution in [3.8, 4) is 0 Å². The molecular formula is C20H36O4. The molecule has 0 spiro atoms. The van der Waals surface area contributed by atoms with Crippen LogP contribution in [-0.2, 0) is 19.1 Å². The van der Waals surface area contributed by atoms with E-state index in [1.807, 2.05) is 55.4 Å². The minimum atomic E-state index is -0.386. The average molecular weight is 341 g/mol. The van der Waals surface area contributed by atoms with Gasteiger partial charge in [0.2, 0.25) is 0 Å². The molecule has 0 radical (unpaired) electrons. The first-order chi connectivity index (χ1) is 11.0. The molecule has 140 valence electrons. The van der Waals surface area contributed by atoms with Gasteiger partial charge in [-0.2, -0.15) is 0 Å². The summed E-state index contributed by atoms with van der Waals surface area (Å²) in [5.74, 6) is -0.252. The van der Waals surface area contributed by atoms with Crippen LogP contribution < -0.4 is 0 Å². The number of hydrogen-bond donors (Lipinski definition) is 0. The maximum absolute atomic E-state index is 12.6. The molecule has 0 amide bonds. The maximum Gasteiger partial charge on any atom is 0.334 e. The highest BCUT2D eigenvalue weighted by Gasteiger charge is 2.27. The molecule has 0 aliphatic heterocycles. The molecule has 0 aromatic carbocycles. The van der Waals surface area contributed by atoms with Crippen molar-refractivity contribution in [2.75, 3.05) is 13.2 Å². The topological polar surface area (TPSA) is 52.6 Å². The Morgan fingerprint density at radius 1 is 0.833 bits per heavy atom. The SMILES string of the molecule is CCCC(C(=O)OCC(C)C)=C(CC(C)(C)C)C(=O)OCC(C)C. The van der Waals surface area contributed by atoms with E-state index in [-0.39, 0.29) is 29.2 Å². The number of esters is 2. The fourth-order valence-corrected chi connectivity index (χ4v) is 2.12. The molecule has 0 fully saturated rings. The van der Waals surface area contributed by atoms with E-state index in [1.54, 1.807) is 0 Å². The summed E-state index contributed by atoms with van der Waals surface area (Å²) in [7, 11) is 0. The highest BCUT2D eigenvalue weighted by molar-refractivity contribution is 6.00. The fourth-order valence-electron chi connectivity index (χ4n) is 2.12. The van der Waals surface area contributed by atoms with Crippen molar-refractivity contribution < 1.29 is 19.1 Å². The zero-order valence-electron chi connectivity index (χ0n) is 16.8. The molecule has 0 bridgehead atoms. The minimum absolute atomic E-state index is 0.122. The number of hydrogen-bond acceptors (Lipinski definition) is 4. The second-order valence-electron chi connectivity index (χ2n) is 8.43. The van der Waals surface area contributed by atoms with Gasteiger partial charge in [-0.25, -0.2) is 9.59 Å². The van der Waals surface area contributed by atoms with Gasteiger partial charge in [0.05, 0.1) is 13.2 Å². The summed E-state index contributed by atoms with van der Waals surface area (Å²) < 4.78 is 10.8. The molecular weight excluding hydrogens is 304 g/mol. The van der Waals surface area contributed by atoms with E-state index in [9.17, 15) is 9.59 Å². The van der Waals surface area contributed by atoms with E-state index in [1.165, 1.54) is 0 Å². The van der Waals surface area contributed by atoms with Crippen LogP contribution in [0.15, 0.2) is 11.1 Å². The number of rotatable bonds is 9. The zero-order chi connectivity index (χ0) is 18.9. The van der Waals surface area contributed by atoms with Crippen LogP contribution in [0.1, 0.15) is 74.7 Å². The largest absolute Gasteiger partial charge is 0.462 e. The lowest BCUT2D eigenvalue weighted by atomic mass is 9.85. The predicted octanol–water partition coefficient (Wildman–Crippen LogP) is 4.92. The third-order valence-corrected chi connectivity index (χ3v) is 3.16. The Hall–Kier alpha value is -1.32. The average Bonchev–Trinajstić information content (AvgIpc) is 2.44. The van der Waals surface area contributed by atoms with E-state index in [4.69, 9.17) is 9.47 Å². The van der Waals surface area contributed by atoms with Crippen LogP contribution in [-0.4, -0.2) is 25.2 Å². The van der Waals surface area contributed by atoms with Gasteiger partial charge in [-0.05, 0) is 30.1 Å². The molecule has 0 atom stereocenters. The Morgan fingerprint density at radius 3 is 1.58 bits per heavy atom. The first kappa shape index (κ1) is 22.7. The van der Waals surface area contributed by atoms with Crippen molar-refractivity contribution >= 4 is 11.9 Å². The smallest absolute Gasteiger partial charge is 0.334 e. The van der Waals surface area contributed by atoms with E-state index in [0.717, 1.165) is 6.42 Å². The molecule has 0 heterocycles. The first-order valence-corrected chi connectivity index (χ1v) is 9.04. The van der Waals surface area contributed by atoms with Gasteiger partial charge >= 0.3 is 11.9 Å². The lowest BCUT2D eigenvalue weighted by Gasteiger charge is -2.22. The van der Waals surface area contributed by atoms with Crippen LogP contribution in [0, 0.1) is 17.3 Å². The zero-order valence-corrected chi connectivity index (χ0v) is 16.8. The van der Waals surface area contributed by atoms with Gasteiger partial charge < -0.3 is 9.47 Å². The van der Waals surface area contributed by atoms with Gasteiger partial charge in [-0.15, -0.1) is 0 Å². The van der Waals surface area contributed by atoms with Crippen LogP contribution in [0.2, 0.25) is 0 Å². The Labute approximate surface area is 148 Å². The molecule has 24 heavy (non-hydrogen) atoms. The summed E-state index contributed by atoms with van der Waals surface area (Å²) >= 11 is 0. The second-order valence-corrected chi connectivity index (χ2v) is 8.43. The van der Waals surface area contributed by atoms with Crippen molar-refractivity contribution in [2.24, 2.45) is 17.3 Å². The van der Waals surface area contributed by atoms with Crippen LogP contribution in [0.3, 0.4) is 0 Å². The van der Waals surface area contributed by atoms with Crippen molar-refractivity contribution in [3.05, 3.63) is 11.1 Å². The molecule has 4 nitrogen and oxygen atoms in total. The summed E-state index contributed by atoms with van der Waals surface area (Å²) in [5, 5.41) is 0. The van der Waals surface area contributed by atoms with E-state index < -0.39 is 0 Å². The Morgan fingerprint density at radius 2 is 1.25 bits per heavy atom. The molecule has 0 saturated carbocycles. The molecule has 0 aliphatic carbocycles. The molecule has 0 aliphatic rings. The number of carbonyl (C=O) groups excluding carboxylic acids is 2. The van der Waals surface area contributed by atoms with E-state index >= 15 is 0 Å². The van der Waals surface area contributed by atoms with Gasteiger partial charge in [0, 0.05) is 11.1 Å². The van der Waals surface area contributed by atoms with E-state index in [2.05, 4.69) is 0 Å². The molecule has 0 unspecified atom stereocenters. The highest BCUT2D eigenvalue weighted by atomic mass is 16.5. The standard InChI is InChI=1S/C20H36O4/c1-9-10-16(18(21)23-12-14(2)3)17(11-20(6,7)8)19(22)24-13-15(4)5/h14-15H,9-13H2,1-8H3. The van der Waals surface area contributed by atoms with Gasteiger partial charge in [0.1, 0.15) is 0 Å². The number of carbonyl (C=O) groups is 2. The fraction of sp³-hybridized carbons (Fsp3) is 0.800. The molecule has 0 aromatic heterocycles. The molecule has 4 heteroatoms. The van der Waals surface area contributed by atoms with Crippen molar-refractivity contribution in [3.63, 3.8) is 0 Å². The van der Waals surface area contributed by atoms with Crippen molar-refractivity contribution in [2.45, 2.75) is 74.7 Å². The first-order valence-electron chi connectivity index (χ1n) is 9.04. The Bertz CT molecular complexity index is 439. The summed E-state index contributed by atoms with van der Waals surface area (Å²) in [5.41, 5.74) is 0.823. The Balaban J connectivity index is 5.60. The second kappa shape index (κ2) is 10.5. The van der Waals surface area contributed by atoms with Gasteiger partial charge in [0.25, 0.3) is 0 Å². The van der Waals surface area contributed by atoms with Gasteiger partial charge in [0.15, 0.2) is 0 Å². The predicted molar refractivity (Wildman–Crippen MR) is 97.6 cm³/mol. The third-order valence-electron chi connectivity index (χ3n) is 3.16.